The van der Waals surface area contributed by atoms with Crippen LogP contribution >= 0.6 is 0 Å². The molecular weight excluding hydrogens is 224 g/mol. The number of benzene rings is 1. The lowest BCUT2D eigenvalue weighted by molar-refractivity contribution is 0.0184. The summed E-state index contributed by atoms with van der Waals surface area (Å²) < 4.78 is 5.33. The molecule has 4 atom stereocenters. The Balaban J connectivity index is 2.00. The van der Waals surface area contributed by atoms with Gasteiger partial charge in [-0.3, -0.25) is 0 Å². The van der Waals surface area contributed by atoms with E-state index in [0.29, 0.717) is 11.8 Å². The first-order chi connectivity index (χ1) is 8.70. The molecule has 1 aromatic carbocycles. The van der Waals surface area contributed by atoms with Crippen LogP contribution in [0.2, 0.25) is 0 Å². The highest BCUT2D eigenvalue weighted by molar-refractivity contribution is 5.20. The molecule has 0 saturated heterocycles. The Kier molecular flexibility index (Phi) is 4.79. The van der Waals surface area contributed by atoms with Crippen LogP contribution in [-0.4, -0.2) is 24.4 Å². The monoisotopic (exact) mass is 248 g/mol. The smallest absolute Gasteiger partial charge is 0.0569 e. The van der Waals surface area contributed by atoms with Gasteiger partial charge in [0.15, 0.2) is 0 Å². The second-order valence-electron chi connectivity index (χ2n) is 5.53. The second-order valence-corrected chi connectivity index (χ2v) is 5.53. The lowest BCUT2D eigenvalue weighted by Gasteiger charge is -2.34. The van der Waals surface area contributed by atoms with Crippen molar-refractivity contribution in [2.24, 2.45) is 5.92 Å². The summed E-state index contributed by atoms with van der Waals surface area (Å²) >= 11 is 0. The van der Waals surface area contributed by atoms with Gasteiger partial charge in [0.2, 0.25) is 0 Å². The Morgan fingerprint density at radius 3 is 2.67 bits per heavy atom. The minimum Gasteiger partial charge on any atom is -0.393 e. The topological polar surface area (TPSA) is 29.5 Å². The van der Waals surface area contributed by atoms with Gasteiger partial charge in [-0.05, 0) is 50.0 Å². The van der Waals surface area contributed by atoms with Gasteiger partial charge < -0.3 is 9.84 Å². The largest absolute Gasteiger partial charge is 0.393 e. The van der Waals surface area contributed by atoms with Crippen LogP contribution in [-0.2, 0) is 4.74 Å². The summed E-state index contributed by atoms with van der Waals surface area (Å²) in [5.41, 5.74) is 1.42. The summed E-state index contributed by atoms with van der Waals surface area (Å²) in [6, 6.07) is 10.7. The van der Waals surface area contributed by atoms with E-state index in [1.165, 1.54) is 5.56 Å². The molecule has 0 heterocycles. The number of hydrogen-bond acceptors (Lipinski definition) is 2. The third-order valence-corrected chi connectivity index (χ3v) is 4.25. The van der Waals surface area contributed by atoms with Crippen molar-refractivity contribution in [1.29, 1.82) is 0 Å². The molecule has 1 N–H and O–H groups in total. The standard InChI is InChI=1S/C16H24O2/c1-12(18-2)10-15-11-14(8-9-16(15)17)13-6-4-3-5-7-13/h3-7,12,14-17H,8-11H2,1-2H3. The third-order valence-electron chi connectivity index (χ3n) is 4.25. The van der Waals surface area contributed by atoms with Crippen LogP contribution in [0, 0.1) is 5.92 Å². The molecule has 0 amide bonds. The van der Waals surface area contributed by atoms with Gasteiger partial charge in [-0.25, -0.2) is 0 Å². The van der Waals surface area contributed by atoms with Crippen molar-refractivity contribution in [3.63, 3.8) is 0 Å². The first kappa shape index (κ1) is 13.6. The van der Waals surface area contributed by atoms with Crippen LogP contribution in [0.1, 0.15) is 44.1 Å². The van der Waals surface area contributed by atoms with Crippen molar-refractivity contribution in [1.82, 2.24) is 0 Å². The van der Waals surface area contributed by atoms with E-state index in [4.69, 9.17) is 4.74 Å². The van der Waals surface area contributed by atoms with Gasteiger partial charge in [0.1, 0.15) is 0 Å². The highest BCUT2D eigenvalue weighted by Gasteiger charge is 2.30. The van der Waals surface area contributed by atoms with E-state index < -0.39 is 0 Å². The molecule has 1 aliphatic rings. The Hall–Kier alpha value is -0.860. The first-order valence-corrected chi connectivity index (χ1v) is 6.96. The van der Waals surface area contributed by atoms with E-state index in [-0.39, 0.29) is 12.2 Å². The molecule has 1 fully saturated rings. The van der Waals surface area contributed by atoms with Crippen molar-refractivity contribution in [3.05, 3.63) is 35.9 Å². The molecule has 0 radical (unpaired) electrons. The van der Waals surface area contributed by atoms with Crippen LogP contribution in [0.3, 0.4) is 0 Å². The Labute approximate surface area is 110 Å². The lowest BCUT2D eigenvalue weighted by Crippen LogP contribution is -2.31. The second kappa shape index (κ2) is 6.35. The van der Waals surface area contributed by atoms with Crippen molar-refractivity contribution in [2.45, 2.75) is 50.7 Å². The third kappa shape index (κ3) is 3.33. The molecule has 2 rings (SSSR count). The van der Waals surface area contributed by atoms with Gasteiger partial charge in [0, 0.05) is 7.11 Å². The normalized spacial score (nSPS) is 30.1. The molecule has 0 aromatic heterocycles. The summed E-state index contributed by atoms with van der Waals surface area (Å²) in [4.78, 5) is 0. The Bertz CT molecular complexity index is 349. The SMILES string of the molecule is COC(C)CC1CC(c2ccccc2)CCC1O. The van der Waals surface area contributed by atoms with Crippen molar-refractivity contribution < 1.29 is 9.84 Å². The minimum absolute atomic E-state index is 0.150. The van der Waals surface area contributed by atoms with Crippen LogP contribution < -0.4 is 0 Å². The molecule has 1 aromatic rings. The molecular formula is C16H24O2. The summed E-state index contributed by atoms with van der Waals surface area (Å²) in [6.45, 7) is 2.08. The van der Waals surface area contributed by atoms with E-state index in [1.54, 1.807) is 7.11 Å². The van der Waals surface area contributed by atoms with Gasteiger partial charge in [0.05, 0.1) is 12.2 Å². The number of methoxy groups -OCH3 is 1. The van der Waals surface area contributed by atoms with E-state index >= 15 is 0 Å². The van der Waals surface area contributed by atoms with E-state index in [0.717, 1.165) is 25.7 Å². The number of aliphatic hydroxyl groups is 1. The molecule has 0 aliphatic heterocycles. The van der Waals surface area contributed by atoms with Gasteiger partial charge in [-0.1, -0.05) is 30.3 Å². The van der Waals surface area contributed by atoms with Gasteiger partial charge in [0.25, 0.3) is 0 Å². The molecule has 2 nitrogen and oxygen atoms in total. The minimum atomic E-state index is -0.150. The van der Waals surface area contributed by atoms with E-state index in [9.17, 15) is 5.11 Å². The van der Waals surface area contributed by atoms with Crippen LogP contribution in [0.25, 0.3) is 0 Å². The summed E-state index contributed by atoms with van der Waals surface area (Å²) in [5.74, 6) is 0.975. The maximum atomic E-state index is 10.1. The Morgan fingerprint density at radius 2 is 2.00 bits per heavy atom. The maximum absolute atomic E-state index is 10.1. The fraction of sp³-hybridized carbons (Fsp3) is 0.625. The molecule has 0 bridgehead atoms. The number of hydrogen-bond donors (Lipinski definition) is 1. The van der Waals surface area contributed by atoms with Crippen LogP contribution in [0.15, 0.2) is 30.3 Å². The zero-order valence-corrected chi connectivity index (χ0v) is 11.4. The van der Waals surface area contributed by atoms with Crippen molar-refractivity contribution in [3.8, 4) is 0 Å². The number of ether oxygens (including phenoxy) is 1. The number of rotatable bonds is 4. The average Bonchev–Trinajstić information content (AvgIpc) is 2.42. The number of aliphatic hydroxyl groups excluding tert-OH is 1. The average molecular weight is 248 g/mol. The highest BCUT2D eigenvalue weighted by Crippen LogP contribution is 2.38. The summed E-state index contributed by atoms with van der Waals surface area (Å²) in [5, 5.41) is 10.1. The molecule has 4 unspecified atom stereocenters. The molecule has 1 saturated carbocycles. The predicted molar refractivity (Wildman–Crippen MR) is 73.6 cm³/mol. The zero-order chi connectivity index (χ0) is 13.0. The van der Waals surface area contributed by atoms with Crippen LogP contribution in [0.4, 0.5) is 0 Å². The van der Waals surface area contributed by atoms with Crippen molar-refractivity contribution in [2.75, 3.05) is 7.11 Å². The summed E-state index contributed by atoms with van der Waals surface area (Å²) in [7, 11) is 1.74. The molecule has 18 heavy (non-hydrogen) atoms. The maximum Gasteiger partial charge on any atom is 0.0569 e. The molecule has 1 aliphatic carbocycles. The molecule has 0 spiro atoms. The van der Waals surface area contributed by atoms with Crippen LogP contribution in [0.5, 0.6) is 0 Å². The Morgan fingerprint density at radius 1 is 1.28 bits per heavy atom. The quantitative estimate of drug-likeness (QED) is 0.885. The van der Waals surface area contributed by atoms with Gasteiger partial charge >= 0.3 is 0 Å². The van der Waals surface area contributed by atoms with Crippen molar-refractivity contribution >= 4 is 0 Å². The summed E-state index contributed by atoms with van der Waals surface area (Å²) in [6.07, 6.45) is 4.14. The fourth-order valence-corrected chi connectivity index (χ4v) is 3.05. The lowest BCUT2D eigenvalue weighted by atomic mass is 9.74. The molecule has 100 valence electrons. The highest BCUT2D eigenvalue weighted by atomic mass is 16.5. The fourth-order valence-electron chi connectivity index (χ4n) is 3.05. The molecule has 2 heteroatoms. The van der Waals surface area contributed by atoms with E-state index in [1.807, 2.05) is 0 Å². The predicted octanol–water partition coefficient (Wildman–Crippen LogP) is 3.36. The van der Waals surface area contributed by atoms with E-state index in [2.05, 4.69) is 37.3 Å². The first-order valence-electron chi connectivity index (χ1n) is 6.96. The van der Waals surface area contributed by atoms with Gasteiger partial charge in [-0.2, -0.15) is 0 Å². The zero-order valence-electron chi connectivity index (χ0n) is 11.4. The van der Waals surface area contributed by atoms with Gasteiger partial charge in [-0.15, -0.1) is 0 Å².